The summed E-state index contributed by atoms with van der Waals surface area (Å²) in [6, 6.07) is 26.8. The van der Waals surface area contributed by atoms with E-state index in [2.05, 4.69) is 20.8 Å². The number of halogens is 1. The van der Waals surface area contributed by atoms with Gasteiger partial charge in [-0.15, -0.1) is 10.2 Å². The zero-order valence-corrected chi connectivity index (χ0v) is 19.0. The van der Waals surface area contributed by atoms with E-state index in [9.17, 15) is 4.79 Å². The smallest absolute Gasteiger partial charge is 0.237 e. The van der Waals surface area contributed by atoms with Crippen LogP contribution in [0.1, 0.15) is 12.7 Å². The Labute approximate surface area is 196 Å². The lowest BCUT2D eigenvalue weighted by molar-refractivity contribution is -0.115. The number of amides is 1. The fourth-order valence-electron chi connectivity index (χ4n) is 3.08. The van der Waals surface area contributed by atoms with Crippen molar-refractivity contribution in [2.24, 2.45) is 0 Å². The molecule has 2 N–H and O–H groups in total. The topological polar surface area (TPSA) is 71.8 Å². The summed E-state index contributed by atoms with van der Waals surface area (Å²) in [6.45, 7) is 2.28. The number of hydrogen-bond acceptors (Lipinski definition) is 5. The van der Waals surface area contributed by atoms with Gasteiger partial charge in [-0.05, 0) is 43.3 Å². The van der Waals surface area contributed by atoms with Crippen LogP contribution in [0, 0.1) is 0 Å². The first-order chi connectivity index (χ1) is 15.6. The Morgan fingerprint density at radius 3 is 2.34 bits per heavy atom. The second kappa shape index (κ2) is 10.3. The quantitative estimate of drug-likeness (QED) is 0.330. The van der Waals surface area contributed by atoms with E-state index in [0.717, 1.165) is 17.1 Å². The molecule has 1 heterocycles. The summed E-state index contributed by atoms with van der Waals surface area (Å²) in [5.74, 6) is 0.619. The Hall–Kier alpha value is -3.29. The average molecular weight is 464 g/mol. The van der Waals surface area contributed by atoms with Gasteiger partial charge in [0.25, 0.3) is 0 Å². The summed E-state index contributed by atoms with van der Waals surface area (Å²) in [5, 5.41) is 15.9. The van der Waals surface area contributed by atoms with Crippen LogP contribution in [0.4, 0.5) is 11.4 Å². The van der Waals surface area contributed by atoms with Crippen LogP contribution >= 0.6 is 23.4 Å². The van der Waals surface area contributed by atoms with Gasteiger partial charge in [0.05, 0.1) is 22.5 Å². The number of thioether (sulfide) groups is 1. The lowest BCUT2D eigenvalue weighted by Crippen LogP contribution is -2.23. The van der Waals surface area contributed by atoms with Crippen LogP contribution in [0.5, 0.6) is 0 Å². The zero-order chi connectivity index (χ0) is 22.3. The minimum absolute atomic E-state index is 0.0976. The van der Waals surface area contributed by atoms with Crippen molar-refractivity contribution >= 4 is 40.6 Å². The molecular weight excluding hydrogens is 442 g/mol. The molecule has 1 aromatic heterocycles. The number of para-hydroxylation sites is 3. The van der Waals surface area contributed by atoms with Gasteiger partial charge < -0.3 is 10.6 Å². The fraction of sp³-hybridized carbons (Fsp3) is 0.125. The molecule has 4 aromatic rings. The number of carbonyl (C=O) groups is 1. The minimum atomic E-state index is -0.369. The molecule has 162 valence electrons. The summed E-state index contributed by atoms with van der Waals surface area (Å²) in [6.07, 6.45) is 0. The first-order valence-electron chi connectivity index (χ1n) is 10.1. The van der Waals surface area contributed by atoms with Gasteiger partial charge in [-0.1, -0.05) is 71.9 Å². The SMILES string of the molecule is C[C@@H](Sc1nnc(CNc2ccccc2Cl)n1-c1ccccc1)C(=O)Nc1ccccc1. The molecule has 0 aliphatic heterocycles. The highest BCUT2D eigenvalue weighted by Crippen LogP contribution is 2.27. The zero-order valence-electron chi connectivity index (χ0n) is 17.4. The van der Waals surface area contributed by atoms with Gasteiger partial charge in [0.2, 0.25) is 5.91 Å². The van der Waals surface area contributed by atoms with Crippen molar-refractivity contribution in [3.05, 3.63) is 95.8 Å². The lowest BCUT2D eigenvalue weighted by atomic mass is 10.3. The molecule has 0 spiro atoms. The van der Waals surface area contributed by atoms with Gasteiger partial charge in [-0.3, -0.25) is 9.36 Å². The van der Waals surface area contributed by atoms with E-state index in [-0.39, 0.29) is 11.2 Å². The van der Waals surface area contributed by atoms with Crippen molar-refractivity contribution in [2.75, 3.05) is 10.6 Å². The van der Waals surface area contributed by atoms with Crippen LogP contribution in [0.3, 0.4) is 0 Å². The normalized spacial score (nSPS) is 11.7. The van der Waals surface area contributed by atoms with Crippen molar-refractivity contribution in [3.63, 3.8) is 0 Å². The predicted molar refractivity (Wildman–Crippen MR) is 131 cm³/mol. The Morgan fingerprint density at radius 1 is 0.969 bits per heavy atom. The number of nitrogens with zero attached hydrogens (tertiary/aromatic N) is 3. The van der Waals surface area contributed by atoms with Gasteiger partial charge >= 0.3 is 0 Å². The molecular formula is C24H22ClN5OS. The first kappa shape index (κ1) is 21.9. The molecule has 1 atom stereocenters. The van der Waals surface area contributed by atoms with Crippen LogP contribution in [0.25, 0.3) is 5.69 Å². The second-order valence-electron chi connectivity index (χ2n) is 7.02. The highest BCUT2D eigenvalue weighted by atomic mass is 35.5. The van der Waals surface area contributed by atoms with Gasteiger partial charge in [0.15, 0.2) is 11.0 Å². The molecule has 8 heteroatoms. The monoisotopic (exact) mass is 463 g/mol. The Kier molecular flexibility index (Phi) is 7.09. The second-order valence-corrected chi connectivity index (χ2v) is 8.73. The molecule has 0 unspecified atom stereocenters. The third-order valence-electron chi connectivity index (χ3n) is 4.72. The molecule has 0 fully saturated rings. The van der Waals surface area contributed by atoms with Crippen LogP contribution in [-0.2, 0) is 11.3 Å². The number of rotatable bonds is 8. The molecule has 0 aliphatic carbocycles. The van der Waals surface area contributed by atoms with Crippen LogP contribution in [0.15, 0.2) is 90.1 Å². The fourth-order valence-corrected chi connectivity index (χ4v) is 4.17. The molecule has 32 heavy (non-hydrogen) atoms. The largest absolute Gasteiger partial charge is 0.377 e. The van der Waals surface area contributed by atoms with E-state index in [1.807, 2.05) is 96.4 Å². The van der Waals surface area contributed by atoms with Crippen molar-refractivity contribution in [1.29, 1.82) is 0 Å². The average Bonchev–Trinajstić information content (AvgIpc) is 3.22. The standard InChI is InChI=1S/C24H22ClN5OS/c1-17(23(31)27-18-10-4-2-5-11-18)32-24-29-28-22(30(24)19-12-6-3-7-13-19)16-26-21-15-9-8-14-20(21)25/h2-15,17,26H,16H2,1H3,(H,27,31)/t17-/m1/s1. The molecule has 4 rings (SSSR count). The number of hydrogen-bond donors (Lipinski definition) is 2. The summed E-state index contributed by atoms with van der Waals surface area (Å²) >= 11 is 7.63. The van der Waals surface area contributed by atoms with E-state index < -0.39 is 0 Å². The third-order valence-corrected chi connectivity index (χ3v) is 6.09. The number of aromatic nitrogens is 3. The molecule has 1 amide bonds. The van der Waals surface area contributed by atoms with E-state index in [1.165, 1.54) is 11.8 Å². The van der Waals surface area contributed by atoms with Crippen molar-refractivity contribution in [1.82, 2.24) is 14.8 Å². The van der Waals surface area contributed by atoms with E-state index >= 15 is 0 Å². The highest BCUT2D eigenvalue weighted by molar-refractivity contribution is 8.00. The molecule has 0 aliphatic rings. The Balaban J connectivity index is 1.55. The van der Waals surface area contributed by atoms with Crippen LogP contribution < -0.4 is 10.6 Å². The van der Waals surface area contributed by atoms with Gasteiger partial charge in [0, 0.05) is 11.4 Å². The summed E-state index contributed by atoms with van der Waals surface area (Å²) in [4.78, 5) is 12.7. The summed E-state index contributed by atoms with van der Waals surface area (Å²) in [5.41, 5.74) is 2.51. The highest BCUT2D eigenvalue weighted by Gasteiger charge is 2.21. The Morgan fingerprint density at radius 2 is 1.62 bits per heavy atom. The number of anilines is 2. The Bertz CT molecular complexity index is 1180. The summed E-state index contributed by atoms with van der Waals surface area (Å²) < 4.78 is 1.96. The third kappa shape index (κ3) is 5.30. The number of benzene rings is 3. The van der Waals surface area contributed by atoms with E-state index in [4.69, 9.17) is 11.6 Å². The van der Waals surface area contributed by atoms with Gasteiger partial charge in [0.1, 0.15) is 0 Å². The molecule has 0 saturated carbocycles. The molecule has 3 aromatic carbocycles. The lowest BCUT2D eigenvalue weighted by Gasteiger charge is -2.14. The maximum Gasteiger partial charge on any atom is 0.237 e. The minimum Gasteiger partial charge on any atom is -0.377 e. The number of carbonyl (C=O) groups excluding carboxylic acids is 1. The molecule has 0 saturated heterocycles. The van der Waals surface area contributed by atoms with Crippen LogP contribution in [-0.4, -0.2) is 25.9 Å². The number of nitrogens with one attached hydrogen (secondary N) is 2. The van der Waals surface area contributed by atoms with Gasteiger partial charge in [-0.2, -0.15) is 0 Å². The maximum absolute atomic E-state index is 12.7. The molecule has 6 nitrogen and oxygen atoms in total. The predicted octanol–water partition coefficient (Wildman–Crippen LogP) is 5.65. The molecule has 0 bridgehead atoms. The van der Waals surface area contributed by atoms with E-state index in [0.29, 0.717) is 22.5 Å². The maximum atomic E-state index is 12.7. The van der Waals surface area contributed by atoms with Gasteiger partial charge in [-0.25, -0.2) is 0 Å². The van der Waals surface area contributed by atoms with E-state index in [1.54, 1.807) is 0 Å². The van der Waals surface area contributed by atoms with Crippen molar-refractivity contribution < 1.29 is 4.79 Å². The van der Waals surface area contributed by atoms with Crippen molar-refractivity contribution in [2.45, 2.75) is 23.9 Å². The van der Waals surface area contributed by atoms with Crippen LogP contribution in [0.2, 0.25) is 5.02 Å². The molecule has 0 radical (unpaired) electrons. The van der Waals surface area contributed by atoms with Crippen molar-refractivity contribution in [3.8, 4) is 5.69 Å². The summed E-state index contributed by atoms with van der Waals surface area (Å²) in [7, 11) is 0. The first-order valence-corrected chi connectivity index (χ1v) is 11.4.